The SMILES string of the molecule is SCSCC(CSCC(CSCS)SCS)SCS. The van der Waals surface area contributed by atoms with Crippen molar-refractivity contribution in [1.82, 2.24) is 0 Å². The second-order valence-corrected chi connectivity index (χ2v) is 12.1. The normalized spacial score (nSPS) is 14.5. The average Bonchev–Trinajstić information content (AvgIpc) is 2.42. The van der Waals surface area contributed by atoms with Crippen LogP contribution in [0, 0.1) is 0 Å². The summed E-state index contributed by atoms with van der Waals surface area (Å²) in [5.74, 6) is 4.78. The summed E-state index contributed by atoms with van der Waals surface area (Å²) < 4.78 is 0. The molecule has 0 saturated heterocycles. The molecule has 0 bridgehead atoms. The van der Waals surface area contributed by atoms with Gasteiger partial charge in [0, 0.05) is 53.9 Å². The highest BCUT2D eigenvalue weighted by Crippen LogP contribution is 2.26. The van der Waals surface area contributed by atoms with Crippen LogP contribution in [-0.4, -0.2) is 53.9 Å². The average molecular weight is 431 g/mol. The largest absolute Gasteiger partial charge is 0.168 e. The third-order valence-electron chi connectivity index (χ3n) is 2.02. The Labute approximate surface area is 161 Å². The molecule has 0 aliphatic heterocycles. The maximum absolute atomic E-state index is 4.32. The fourth-order valence-corrected chi connectivity index (χ4v) is 8.38. The van der Waals surface area contributed by atoms with Crippen molar-refractivity contribution in [2.75, 3.05) is 43.4 Å². The molecule has 0 saturated carbocycles. The van der Waals surface area contributed by atoms with E-state index in [9.17, 15) is 0 Å². The predicted molar refractivity (Wildman–Crippen MR) is 120 cm³/mol. The predicted octanol–water partition coefficient (Wildman–Crippen LogP) is 4.94. The van der Waals surface area contributed by atoms with E-state index in [1.165, 1.54) is 23.0 Å². The van der Waals surface area contributed by atoms with Crippen LogP contribution in [0.15, 0.2) is 0 Å². The summed E-state index contributed by atoms with van der Waals surface area (Å²) in [5.41, 5.74) is 0. The smallest absolute Gasteiger partial charge is 0.0365 e. The molecule has 0 amide bonds. The van der Waals surface area contributed by atoms with Crippen molar-refractivity contribution < 1.29 is 0 Å². The molecule has 116 valence electrons. The van der Waals surface area contributed by atoms with Gasteiger partial charge in [0.2, 0.25) is 0 Å². The lowest BCUT2D eigenvalue weighted by Crippen LogP contribution is -2.15. The quantitative estimate of drug-likeness (QED) is 0.227. The lowest BCUT2D eigenvalue weighted by Gasteiger charge is -2.18. The fourth-order valence-electron chi connectivity index (χ4n) is 1.20. The van der Waals surface area contributed by atoms with Crippen LogP contribution in [0.3, 0.4) is 0 Å². The van der Waals surface area contributed by atoms with Gasteiger partial charge in [-0.1, -0.05) is 0 Å². The highest BCUT2D eigenvalue weighted by atomic mass is 32.2. The Hall–Kier alpha value is 3.15. The summed E-state index contributed by atoms with van der Waals surface area (Å²) in [4.78, 5) is 0. The molecule has 19 heavy (non-hydrogen) atoms. The lowest BCUT2D eigenvalue weighted by molar-refractivity contribution is 1.12. The van der Waals surface area contributed by atoms with Crippen LogP contribution in [0.4, 0.5) is 0 Å². The highest BCUT2D eigenvalue weighted by Gasteiger charge is 2.12. The molecule has 0 rings (SSSR count). The summed E-state index contributed by atoms with van der Waals surface area (Å²) in [6.45, 7) is 0. The van der Waals surface area contributed by atoms with Crippen LogP contribution in [0.2, 0.25) is 0 Å². The molecule has 0 heterocycles. The minimum absolute atomic E-state index is 0.693. The highest BCUT2D eigenvalue weighted by molar-refractivity contribution is 8.14. The molecular formula is C10H22S9. The Morgan fingerprint density at radius 3 is 1.21 bits per heavy atom. The maximum atomic E-state index is 4.32. The van der Waals surface area contributed by atoms with Gasteiger partial charge in [0.05, 0.1) is 0 Å². The van der Waals surface area contributed by atoms with Crippen molar-refractivity contribution in [1.29, 1.82) is 0 Å². The van der Waals surface area contributed by atoms with Gasteiger partial charge in [0.15, 0.2) is 0 Å². The van der Waals surface area contributed by atoms with Crippen LogP contribution in [0.1, 0.15) is 0 Å². The van der Waals surface area contributed by atoms with Crippen molar-refractivity contribution in [3.63, 3.8) is 0 Å². The van der Waals surface area contributed by atoms with Gasteiger partial charge in [0.25, 0.3) is 0 Å². The number of rotatable bonds is 14. The fraction of sp³-hybridized carbons (Fsp3) is 1.00. The van der Waals surface area contributed by atoms with E-state index >= 15 is 0 Å². The van der Waals surface area contributed by atoms with E-state index in [2.05, 4.69) is 62.3 Å². The Balaban J connectivity index is 3.83. The van der Waals surface area contributed by atoms with Gasteiger partial charge in [0.1, 0.15) is 0 Å². The van der Waals surface area contributed by atoms with E-state index in [-0.39, 0.29) is 0 Å². The molecule has 0 fully saturated rings. The summed E-state index contributed by atoms with van der Waals surface area (Å²) in [5, 5.41) is 5.01. The number of thioether (sulfide) groups is 5. The molecule has 0 spiro atoms. The second-order valence-electron chi connectivity index (χ2n) is 3.37. The number of thiol groups is 4. The molecule has 9 heteroatoms. The van der Waals surface area contributed by atoms with Gasteiger partial charge in [-0.05, 0) is 0 Å². The minimum Gasteiger partial charge on any atom is -0.168 e. The lowest BCUT2D eigenvalue weighted by atomic mass is 10.5. The van der Waals surface area contributed by atoms with E-state index in [4.69, 9.17) is 0 Å². The Morgan fingerprint density at radius 1 is 0.526 bits per heavy atom. The van der Waals surface area contributed by atoms with E-state index in [0.29, 0.717) is 10.5 Å². The minimum atomic E-state index is 0.693. The van der Waals surface area contributed by atoms with Gasteiger partial charge in [-0.3, -0.25) is 0 Å². The second kappa shape index (κ2) is 17.5. The van der Waals surface area contributed by atoms with Crippen LogP contribution >= 0.6 is 109 Å². The van der Waals surface area contributed by atoms with E-state index < -0.39 is 0 Å². The Bertz CT molecular complexity index is 162. The first-order valence-corrected chi connectivity index (χ1v) is 13.8. The zero-order valence-corrected chi connectivity index (χ0v) is 18.3. The molecule has 0 aliphatic carbocycles. The molecule has 0 N–H and O–H groups in total. The van der Waals surface area contributed by atoms with Crippen LogP contribution < -0.4 is 0 Å². The van der Waals surface area contributed by atoms with Gasteiger partial charge in [-0.25, -0.2) is 0 Å². The molecule has 0 aliphatic rings. The van der Waals surface area contributed by atoms with Crippen LogP contribution in [0.5, 0.6) is 0 Å². The summed E-state index contributed by atoms with van der Waals surface area (Å²) in [7, 11) is 0. The Kier molecular flexibility index (Phi) is 20.4. The monoisotopic (exact) mass is 430 g/mol. The first kappa shape index (κ1) is 22.1. The standard InChI is InChI=1S/C10H22S9/c11-5-16-3-9(18-7-13)1-15-2-10(19-8-14)4-17-6-12/h9-14H,1-8H2. The van der Waals surface area contributed by atoms with Gasteiger partial charge in [-0.2, -0.15) is 85.8 Å². The van der Waals surface area contributed by atoms with Crippen molar-refractivity contribution in [2.24, 2.45) is 0 Å². The zero-order valence-electron chi connectivity index (χ0n) is 10.6. The third-order valence-corrected chi connectivity index (χ3v) is 9.68. The van der Waals surface area contributed by atoms with Crippen molar-refractivity contribution >= 4 is 109 Å². The zero-order chi connectivity index (χ0) is 14.3. The van der Waals surface area contributed by atoms with E-state index in [1.807, 2.05) is 47.0 Å². The van der Waals surface area contributed by atoms with Crippen molar-refractivity contribution in [3.8, 4) is 0 Å². The molecule has 0 radical (unpaired) electrons. The Morgan fingerprint density at radius 2 is 0.895 bits per heavy atom. The summed E-state index contributed by atoms with van der Waals surface area (Å²) >= 11 is 26.9. The van der Waals surface area contributed by atoms with Gasteiger partial charge in [-0.15, -0.1) is 23.5 Å². The molecule has 0 aromatic heterocycles. The van der Waals surface area contributed by atoms with Crippen LogP contribution in [-0.2, 0) is 0 Å². The van der Waals surface area contributed by atoms with E-state index in [1.54, 1.807) is 0 Å². The van der Waals surface area contributed by atoms with E-state index in [0.717, 1.165) is 20.3 Å². The van der Waals surface area contributed by atoms with Gasteiger partial charge < -0.3 is 0 Å². The topological polar surface area (TPSA) is 0 Å². The molecule has 2 atom stereocenters. The number of hydrogen-bond acceptors (Lipinski definition) is 9. The molecule has 2 unspecified atom stereocenters. The third kappa shape index (κ3) is 14.5. The number of hydrogen-bond donors (Lipinski definition) is 4. The maximum Gasteiger partial charge on any atom is 0.0365 e. The first-order chi connectivity index (χ1) is 9.28. The van der Waals surface area contributed by atoms with Crippen molar-refractivity contribution in [2.45, 2.75) is 10.5 Å². The van der Waals surface area contributed by atoms with Gasteiger partial charge >= 0.3 is 0 Å². The molecule has 0 aromatic rings. The van der Waals surface area contributed by atoms with Crippen molar-refractivity contribution in [3.05, 3.63) is 0 Å². The summed E-state index contributed by atoms with van der Waals surface area (Å²) in [6.07, 6.45) is 0. The molecular weight excluding hydrogens is 409 g/mol. The molecule has 0 nitrogen and oxygen atoms in total. The summed E-state index contributed by atoms with van der Waals surface area (Å²) in [6, 6.07) is 0. The first-order valence-electron chi connectivity index (χ1n) is 5.68. The molecule has 0 aromatic carbocycles. The van der Waals surface area contributed by atoms with Crippen LogP contribution in [0.25, 0.3) is 0 Å².